The molecule has 0 N–H and O–H groups in total. The van der Waals surface area contributed by atoms with Crippen LogP contribution in [-0.4, -0.2) is 23.9 Å². The number of likely N-dealkylation sites (tertiary alicyclic amines) is 1. The van der Waals surface area contributed by atoms with Crippen molar-refractivity contribution in [3.05, 3.63) is 46.3 Å². The molecule has 1 fully saturated rings. The maximum Gasteiger partial charge on any atom is 0.227 e. The van der Waals surface area contributed by atoms with E-state index in [2.05, 4.69) is 6.07 Å². The van der Waals surface area contributed by atoms with E-state index in [1.54, 1.807) is 11.3 Å². The molecule has 20 heavy (non-hydrogen) atoms. The first-order valence-electron chi connectivity index (χ1n) is 6.84. The maximum absolute atomic E-state index is 12.3. The second-order valence-corrected chi connectivity index (χ2v) is 6.40. The summed E-state index contributed by atoms with van der Waals surface area (Å²) in [4.78, 5) is 15.4. The average Bonchev–Trinajstić information content (AvgIpc) is 3.09. The third-order valence-corrected chi connectivity index (χ3v) is 4.87. The molecule has 2 nitrogen and oxygen atoms in total. The van der Waals surface area contributed by atoms with E-state index < -0.39 is 0 Å². The molecule has 0 spiro atoms. The fourth-order valence-corrected chi connectivity index (χ4v) is 3.71. The molecule has 1 aliphatic heterocycles. The van der Waals surface area contributed by atoms with Gasteiger partial charge in [-0.25, -0.2) is 0 Å². The molecule has 1 aromatic heterocycles. The highest BCUT2D eigenvalue weighted by Crippen LogP contribution is 2.31. The summed E-state index contributed by atoms with van der Waals surface area (Å²) in [7, 11) is 0. The Labute approximate surface area is 128 Å². The smallest absolute Gasteiger partial charge is 0.227 e. The fourth-order valence-electron chi connectivity index (χ4n) is 2.60. The Balaban J connectivity index is 1.81. The Bertz CT molecular complexity index is 616. The van der Waals surface area contributed by atoms with Crippen molar-refractivity contribution in [1.82, 2.24) is 4.90 Å². The van der Waals surface area contributed by atoms with E-state index in [1.165, 1.54) is 0 Å². The van der Waals surface area contributed by atoms with Crippen LogP contribution in [0, 0.1) is 0 Å². The first kappa shape index (κ1) is 13.7. The van der Waals surface area contributed by atoms with Crippen LogP contribution < -0.4 is 0 Å². The van der Waals surface area contributed by atoms with Crippen molar-refractivity contribution in [2.24, 2.45) is 0 Å². The number of rotatable bonds is 3. The lowest BCUT2D eigenvalue weighted by Gasteiger charge is -2.15. The van der Waals surface area contributed by atoms with Gasteiger partial charge in [-0.15, -0.1) is 11.3 Å². The van der Waals surface area contributed by atoms with Crippen molar-refractivity contribution < 1.29 is 4.79 Å². The molecule has 0 aliphatic carbocycles. The minimum absolute atomic E-state index is 0.240. The fraction of sp³-hybridized carbons (Fsp3) is 0.312. The van der Waals surface area contributed by atoms with E-state index in [4.69, 9.17) is 11.6 Å². The predicted octanol–water partition coefficient (Wildman–Crippen LogP) is 4.23. The number of carbonyl (C=O) groups excluding carboxylic acids is 1. The summed E-state index contributed by atoms with van der Waals surface area (Å²) in [6.07, 6.45) is 2.76. The number of thiophene rings is 1. The largest absolute Gasteiger partial charge is 0.342 e. The van der Waals surface area contributed by atoms with E-state index in [0.717, 1.165) is 47.0 Å². The number of nitrogens with zero attached hydrogens (tertiary/aromatic N) is 1. The molecule has 2 heterocycles. The van der Waals surface area contributed by atoms with Gasteiger partial charge in [-0.05, 0) is 47.5 Å². The van der Waals surface area contributed by atoms with Gasteiger partial charge in [-0.1, -0.05) is 23.7 Å². The molecular weight excluding hydrogens is 290 g/mol. The third kappa shape index (κ3) is 2.89. The lowest BCUT2D eigenvalue weighted by molar-refractivity contribution is -0.129. The molecule has 4 heteroatoms. The molecule has 0 unspecified atom stereocenters. The van der Waals surface area contributed by atoms with Crippen LogP contribution in [0.5, 0.6) is 0 Å². The number of hydrogen-bond donors (Lipinski definition) is 0. The molecule has 0 radical (unpaired) electrons. The molecule has 1 aliphatic rings. The number of halogens is 1. The van der Waals surface area contributed by atoms with E-state index in [0.29, 0.717) is 6.42 Å². The minimum atomic E-state index is 0.240. The Morgan fingerprint density at radius 3 is 2.80 bits per heavy atom. The molecule has 1 saturated heterocycles. The molecule has 104 valence electrons. The summed E-state index contributed by atoms with van der Waals surface area (Å²) >= 11 is 7.72. The summed E-state index contributed by atoms with van der Waals surface area (Å²) in [6, 6.07) is 9.87. The van der Waals surface area contributed by atoms with Crippen molar-refractivity contribution in [2.75, 3.05) is 13.1 Å². The number of hydrogen-bond acceptors (Lipinski definition) is 2. The van der Waals surface area contributed by atoms with Gasteiger partial charge < -0.3 is 4.90 Å². The number of carbonyl (C=O) groups is 1. The van der Waals surface area contributed by atoms with Gasteiger partial charge >= 0.3 is 0 Å². The lowest BCUT2D eigenvalue weighted by atomic mass is 10.1. The number of amides is 1. The predicted molar refractivity (Wildman–Crippen MR) is 84.3 cm³/mol. The van der Waals surface area contributed by atoms with Crippen LogP contribution in [0.3, 0.4) is 0 Å². The standard InChI is InChI=1S/C16H16ClNOS/c17-14-5-3-4-12(10-14)16-13(6-9-20-16)11-15(19)18-7-1-2-8-18/h3-6,9-10H,1-2,7-8,11H2. The highest BCUT2D eigenvalue weighted by Gasteiger charge is 2.19. The zero-order valence-electron chi connectivity index (χ0n) is 11.1. The van der Waals surface area contributed by atoms with Crippen LogP contribution in [0.25, 0.3) is 10.4 Å². The Morgan fingerprint density at radius 1 is 1.25 bits per heavy atom. The number of benzene rings is 1. The monoisotopic (exact) mass is 305 g/mol. The van der Waals surface area contributed by atoms with Gasteiger partial charge in [-0.2, -0.15) is 0 Å². The van der Waals surface area contributed by atoms with Crippen LogP contribution in [0.1, 0.15) is 18.4 Å². The van der Waals surface area contributed by atoms with Crippen molar-refractivity contribution in [3.8, 4) is 10.4 Å². The minimum Gasteiger partial charge on any atom is -0.342 e. The van der Waals surface area contributed by atoms with Gasteiger partial charge in [0, 0.05) is 23.0 Å². The Morgan fingerprint density at radius 2 is 2.05 bits per heavy atom. The van der Waals surface area contributed by atoms with Gasteiger partial charge in [0.25, 0.3) is 0 Å². The van der Waals surface area contributed by atoms with E-state index in [-0.39, 0.29) is 5.91 Å². The van der Waals surface area contributed by atoms with E-state index in [1.807, 2.05) is 34.5 Å². The van der Waals surface area contributed by atoms with Crippen LogP contribution in [0.15, 0.2) is 35.7 Å². The second kappa shape index (κ2) is 5.98. The normalized spacial score (nSPS) is 14.8. The van der Waals surface area contributed by atoms with Gasteiger partial charge in [0.05, 0.1) is 6.42 Å². The molecule has 1 aromatic carbocycles. The first-order valence-corrected chi connectivity index (χ1v) is 8.10. The maximum atomic E-state index is 12.3. The molecule has 0 bridgehead atoms. The summed E-state index contributed by atoms with van der Waals surface area (Å²) in [5.41, 5.74) is 2.20. The van der Waals surface area contributed by atoms with Crippen molar-refractivity contribution in [1.29, 1.82) is 0 Å². The van der Waals surface area contributed by atoms with Crippen molar-refractivity contribution in [3.63, 3.8) is 0 Å². The quantitative estimate of drug-likeness (QED) is 0.831. The van der Waals surface area contributed by atoms with E-state index in [9.17, 15) is 4.79 Å². The van der Waals surface area contributed by atoms with Crippen molar-refractivity contribution >= 4 is 28.8 Å². The van der Waals surface area contributed by atoms with Crippen LogP contribution in [-0.2, 0) is 11.2 Å². The van der Waals surface area contributed by atoms with Crippen LogP contribution in [0.4, 0.5) is 0 Å². The molecule has 0 atom stereocenters. The lowest BCUT2D eigenvalue weighted by Crippen LogP contribution is -2.29. The third-order valence-electron chi connectivity index (χ3n) is 3.63. The molecule has 3 rings (SSSR count). The zero-order chi connectivity index (χ0) is 13.9. The van der Waals surface area contributed by atoms with Crippen LogP contribution in [0.2, 0.25) is 5.02 Å². The first-order chi connectivity index (χ1) is 9.74. The summed E-state index contributed by atoms with van der Waals surface area (Å²) in [5, 5.41) is 2.77. The summed E-state index contributed by atoms with van der Waals surface area (Å²) < 4.78 is 0. The Hall–Kier alpha value is -1.32. The topological polar surface area (TPSA) is 20.3 Å². The second-order valence-electron chi connectivity index (χ2n) is 5.05. The molecule has 0 saturated carbocycles. The van der Waals surface area contributed by atoms with Gasteiger partial charge in [-0.3, -0.25) is 4.79 Å². The van der Waals surface area contributed by atoms with E-state index >= 15 is 0 Å². The highest BCUT2D eigenvalue weighted by atomic mass is 35.5. The zero-order valence-corrected chi connectivity index (χ0v) is 12.7. The molecular formula is C16H16ClNOS. The Kier molecular flexibility index (Phi) is 4.08. The van der Waals surface area contributed by atoms with Crippen LogP contribution >= 0.6 is 22.9 Å². The van der Waals surface area contributed by atoms with Gasteiger partial charge in [0.2, 0.25) is 5.91 Å². The summed E-state index contributed by atoms with van der Waals surface area (Å²) in [5.74, 6) is 0.240. The highest BCUT2D eigenvalue weighted by molar-refractivity contribution is 7.13. The van der Waals surface area contributed by atoms with Gasteiger partial charge in [0.1, 0.15) is 0 Å². The molecule has 2 aromatic rings. The molecule has 1 amide bonds. The van der Waals surface area contributed by atoms with Crippen molar-refractivity contribution in [2.45, 2.75) is 19.3 Å². The van der Waals surface area contributed by atoms with Gasteiger partial charge in [0.15, 0.2) is 0 Å². The average molecular weight is 306 g/mol. The summed E-state index contributed by atoms with van der Waals surface area (Å²) in [6.45, 7) is 1.82. The SMILES string of the molecule is O=C(Cc1ccsc1-c1cccc(Cl)c1)N1CCCC1.